The minimum atomic E-state index is 0.468. The number of halogens is 1. The molecule has 0 aliphatic carbocycles. The lowest BCUT2D eigenvalue weighted by molar-refractivity contribution is 0.762. The molecule has 0 aliphatic rings. The van der Waals surface area contributed by atoms with Crippen LogP contribution in [0.1, 0.15) is 19.5 Å². The summed E-state index contributed by atoms with van der Waals surface area (Å²) in [6.45, 7) is 4.91. The van der Waals surface area contributed by atoms with Crippen molar-refractivity contribution in [2.75, 3.05) is 5.73 Å². The Balaban J connectivity index is 2.57. The van der Waals surface area contributed by atoms with Crippen LogP contribution in [0.5, 0.6) is 0 Å². The quantitative estimate of drug-likeness (QED) is 0.943. The molecule has 0 amide bonds. The highest BCUT2D eigenvalue weighted by Crippen LogP contribution is 2.25. The molecule has 0 bridgehead atoms. The lowest BCUT2D eigenvalue weighted by Gasteiger charge is -2.08. The maximum Gasteiger partial charge on any atom is 0.180 e. The number of aryl methyl sites for hydroxylation is 2. The van der Waals surface area contributed by atoms with Gasteiger partial charge in [0, 0.05) is 6.54 Å². The van der Waals surface area contributed by atoms with Crippen molar-refractivity contribution in [3.05, 3.63) is 22.7 Å². The van der Waals surface area contributed by atoms with E-state index in [1.807, 2.05) is 18.4 Å². The molecule has 2 aromatic rings. The fraction of sp³-hybridized carbons (Fsp3) is 0.364. The van der Waals surface area contributed by atoms with Gasteiger partial charge in [-0.15, -0.1) is 0 Å². The minimum absolute atomic E-state index is 0.468. The molecule has 2 N–H and O–H groups in total. The van der Waals surface area contributed by atoms with Gasteiger partial charge in [0.25, 0.3) is 0 Å². The highest BCUT2D eigenvalue weighted by Gasteiger charge is 2.12. The van der Waals surface area contributed by atoms with E-state index >= 15 is 0 Å². The monoisotopic (exact) mass is 295 g/mol. The number of nitrogens with two attached hydrogens (primary N) is 1. The molecule has 0 unspecified atom stereocenters. The van der Waals surface area contributed by atoms with Crippen LogP contribution in [0.25, 0.3) is 11.5 Å². The van der Waals surface area contributed by atoms with Gasteiger partial charge in [-0.05, 0) is 29.3 Å². The minimum Gasteiger partial charge on any atom is -0.383 e. The Labute approximate surface area is 108 Å². The first-order chi connectivity index (χ1) is 8.17. The smallest absolute Gasteiger partial charge is 0.180 e. The van der Waals surface area contributed by atoms with Crippen molar-refractivity contribution in [2.45, 2.75) is 26.8 Å². The zero-order valence-corrected chi connectivity index (χ0v) is 11.4. The van der Waals surface area contributed by atoms with Crippen LogP contribution >= 0.6 is 15.9 Å². The van der Waals surface area contributed by atoms with Crippen molar-refractivity contribution < 1.29 is 0 Å². The summed E-state index contributed by atoms with van der Waals surface area (Å²) in [6, 6.07) is 0. The second kappa shape index (κ2) is 4.83. The Hall–Kier alpha value is -1.43. The van der Waals surface area contributed by atoms with E-state index < -0.39 is 0 Å². The van der Waals surface area contributed by atoms with Gasteiger partial charge in [-0.2, -0.15) is 0 Å². The van der Waals surface area contributed by atoms with Gasteiger partial charge in [-0.3, -0.25) is 0 Å². The predicted octanol–water partition coefficient (Wildman–Crippen LogP) is 2.27. The molecular weight excluding hydrogens is 282 g/mol. The molecule has 0 spiro atoms. The van der Waals surface area contributed by atoms with Crippen LogP contribution in [-0.4, -0.2) is 19.5 Å². The largest absolute Gasteiger partial charge is 0.383 e. The van der Waals surface area contributed by atoms with Gasteiger partial charge in [-0.1, -0.05) is 6.92 Å². The molecule has 5 nitrogen and oxygen atoms in total. The average molecular weight is 296 g/mol. The average Bonchev–Trinajstić information content (AvgIpc) is 2.80. The number of hydrogen-bond acceptors (Lipinski definition) is 4. The van der Waals surface area contributed by atoms with Crippen molar-refractivity contribution in [1.29, 1.82) is 0 Å². The van der Waals surface area contributed by atoms with E-state index in [1.54, 1.807) is 12.5 Å². The van der Waals surface area contributed by atoms with Crippen LogP contribution in [0.3, 0.4) is 0 Å². The fourth-order valence-electron chi connectivity index (χ4n) is 1.62. The van der Waals surface area contributed by atoms with Gasteiger partial charge in [0.15, 0.2) is 5.82 Å². The lowest BCUT2D eigenvalue weighted by atomic mass is 10.3. The molecule has 0 aliphatic heterocycles. The third-order valence-corrected chi connectivity index (χ3v) is 3.43. The van der Waals surface area contributed by atoms with E-state index in [-0.39, 0.29) is 0 Å². The summed E-state index contributed by atoms with van der Waals surface area (Å²) >= 11 is 3.40. The first-order valence-electron chi connectivity index (χ1n) is 5.49. The fourth-order valence-corrected chi connectivity index (χ4v) is 2.08. The molecule has 2 aromatic heterocycles. The van der Waals surface area contributed by atoms with Gasteiger partial charge in [0.2, 0.25) is 0 Å². The highest BCUT2D eigenvalue weighted by molar-refractivity contribution is 9.10. The van der Waals surface area contributed by atoms with Crippen LogP contribution in [0.15, 0.2) is 17.0 Å². The van der Waals surface area contributed by atoms with Gasteiger partial charge < -0.3 is 10.3 Å². The Morgan fingerprint density at radius 1 is 1.35 bits per heavy atom. The summed E-state index contributed by atoms with van der Waals surface area (Å²) < 4.78 is 2.77. The number of aromatic nitrogens is 4. The van der Waals surface area contributed by atoms with Crippen molar-refractivity contribution >= 4 is 21.7 Å². The van der Waals surface area contributed by atoms with Crippen LogP contribution in [-0.2, 0) is 13.0 Å². The van der Waals surface area contributed by atoms with Gasteiger partial charge in [-0.25, -0.2) is 15.0 Å². The molecule has 2 heterocycles. The summed E-state index contributed by atoms with van der Waals surface area (Å²) in [7, 11) is 0. The van der Waals surface area contributed by atoms with Gasteiger partial charge >= 0.3 is 0 Å². The maximum atomic E-state index is 5.87. The van der Waals surface area contributed by atoms with Crippen LogP contribution in [0, 0.1) is 0 Å². The number of nitrogens with zero attached hydrogens (tertiary/aromatic N) is 4. The number of imidazole rings is 1. The molecule has 0 saturated carbocycles. The maximum absolute atomic E-state index is 5.87. The molecule has 90 valence electrons. The van der Waals surface area contributed by atoms with Crippen molar-refractivity contribution in [1.82, 2.24) is 19.5 Å². The Morgan fingerprint density at radius 2 is 2.12 bits per heavy atom. The third kappa shape index (κ3) is 2.17. The summed E-state index contributed by atoms with van der Waals surface area (Å²) in [5, 5.41) is 0. The van der Waals surface area contributed by atoms with Crippen molar-refractivity contribution in [3.63, 3.8) is 0 Å². The van der Waals surface area contributed by atoms with Crippen LogP contribution < -0.4 is 5.73 Å². The number of rotatable bonds is 3. The van der Waals surface area contributed by atoms with E-state index in [0.29, 0.717) is 11.6 Å². The van der Waals surface area contributed by atoms with Crippen molar-refractivity contribution in [3.8, 4) is 11.5 Å². The Morgan fingerprint density at radius 3 is 2.76 bits per heavy atom. The van der Waals surface area contributed by atoms with Gasteiger partial charge in [0.05, 0.1) is 22.7 Å². The predicted molar refractivity (Wildman–Crippen MR) is 70.4 cm³/mol. The molecule has 0 fully saturated rings. The third-order valence-electron chi connectivity index (χ3n) is 2.56. The highest BCUT2D eigenvalue weighted by atomic mass is 79.9. The summed E-state index contributed by atoms with van der Waals surface area (Å²) in [4.78, 5) is 12.9. The molecular formula is C11H14BrN5. The van der Waals surface area contributed by atoms with Gasteiger partial charge in [0.1, 0.15) is 11.5 Å². The molecule has 0 saturated heterocycles. The van der Waals surface area contributed by atoms with E-state index in [9.17, 15) is 0 Å². The van der Waals surface area contributed by atoms with Crippen LogP contribution in [0.2, 0.25) is 0 Å². The molecule has 2 rings (SSSR count). The molecule has 17 heavy (non-hydrogen) atoms. The SMILES string of the molecule is CCc1nc(-c2cncn2CC)nc(N)c1Br. The van der Waals surface area contributed by atoms with Crippen LogP contribution in [0.4, 0.5) is 5.82 Å². The molecule has 0 radical (unpaired) electrons. The van der Waals surface area contributed by atoms with E-state index in [0.717, 1.165) is 28.8 Å². The first-order valence-corrected chi connectivity index (χ1v) is 6.29. The van der Waals surface area contributed by atoms with E-state index in [4.69, 9.17) is 5.73 Å². The number of anilines is 1. The summed E-state index contributed by atoms with van der Waals surface area (Å²) in [5.74, 6) is 1.10. The topological polar surface area (TPSA) is 69.6 Å². The van der Waals surface area contributed by atoms with E-state index in [1.165, 1.54) is 0 Å². The summed E-state index contributed by atoms with van der Waals surface area (Å²) in [6.07, 6.45) is 4.33. The first kappa shape index (κ1) is 12.0. The number of hydrogen-bond donors (Lipinski definition) is 1. The standard InChI is InChI=1S/C11H14BrN5/c1-3-7-9(12)10(13)16-11(15-7)8-5-14-6-17(8)4-2/h5-6H,3-4H2,1-2H3,(H2,13,15,16). The van der Waals surface area contributed by atoms with Crippen molar-refractivity contribution in [2.24, 2.45) is 0 Å². The zero-order chi connectivity index (χ0) is 12.4. The number of nitrogen functional groups attached to an aromatic ring is 1. The molecule has 0 atom stereocenters. The zero-order valence-electron chi connectivity index (χ0n) is 9.81. The normalized spacial score (nSPS) is 10.8. The second-order valence-electron chi connectivity index (χ2n) is 3.61. The molecule has 0 aromatic carbocycles. The second-order valence-corrected chi connectivity index (χ2v) is 4.40. The Bertz CT molecular complexity index is 535. The Kier molecular flexibility index (Phi) is 3.42. The molecule has 6 heteroatoms. The lowest BCUT2D eigenvalue weighted by Crippen LogP contribution is -2.05. The summed E-state index contributed by atoms with van der Waals surface area (Å²) in [5.41, 5.74) is 7.67. The van der Waals surface area contributed by atoms with E-state index in [2.05, 4.69) is 30.9 Å².